The molecule has 2 bridgehead atoms. The molecule has 2 atom stereocenters. The molecule has 0 spiro atoms. The highest BCUT2D eigenvalue weighted by molar-refractivity contribution is 7.89. The molecule has 12 heteroatoms. The normalized spacial score (nSPS) is 22.7. The highest BCUT2D eigenvalue weighted by atomic mass is 32.2. The van der Waals surface area contributed by atoms with Crippen LogP contribution < -0.4 is 9.46 Å². The van der Waals surface area contributed by atoms with Crippen LogP contribution in [0.3, 0.4) is 0 Å². The highest BCUT2D eigenvalue weighted by Crippen LogP contribution is 2.38. The number of nitrogens with zero attached hydrogens (tertiary/aromatic N) is 2. The molecule has 2 unspecified atom stereocenters. The molecular formula is C22H23F4N3O4S. The predicted octanol–water partition coefficient (Wildman–Crippen LogP) is 3.01. The van der Waals surface area contributed by atoms with E-state index >= 15 is 4.39 Å². The number of carbonyl (C=O) groups excluding carboxylic acids is 1. The Morgan fingerprint density at radius 1 is 1.15 bits per heavy atom. The van der Waals surface area contributed by atoms with Crippen molar-refractivity contribution < 1.29 is 35.5 Å². The van der Waals surface area contributed by atoms with Crippen molar-refractivity contribution in [3.8, 4) is 16.9 Å². The van der Waals surface area contributed by atoms with Gasteiger partial charge in [0.2, 0.25) is 16.0 Å². The highest BCUT2D eigenvalue weighted by Gasteiger charge is 2.57. The van der Waals surface area contributed by atoms with E-state index < -0.39 is 58.9 Å². The topological polar surface area (TPSA) is 79.0 Å². The van der Waals surface area contributed by atoms with Crippen LogP contribution in [0.2, 0.25) is 0 Å². The third-order valence-corrected chi connectivity index (χ3v) is 6.91. The van der Waals surface area contributed by atoms with E-state index in [1.165, 1.54) is 30.1 Å². The number of sulfonamides is 1. The Labute approximate surface area is 194 Å². The van der Waals surface area contributed by atoms with E-state index in [2.05, 4.69) is 0 Å². The predicted molar refractivity (Wildman–Crippen MR) is 116 cm³/mol. The number of amides is 2. The van der Waals surface area contributed by atoms with Gasteiger partial charge in [-0.1, -0.05) is 36.4 Å². The molecule has 184 valence electrons. The number of likely N-dealkylation sites (N-methyl/N-ethyl adjacent to an activating group) is 1. The SMILES string of the molecule is CN1CCOc2ccccc2-c2cccc(c2F)CC2C(NS(=O)(=O)CF)C(F)(F)CN2C1=O. The summed E-state index contributed by atoms with van der Waals surface area (Å²) in [5.41, 5.74) is 0.613. The van der Waals surface area contributed by atoms with Crippen LogP contribution in [0.25, 0.3) is 11.1 Å². The quantitative estimate of drug-likeness (QED) is 0.656. The number of alkyl halides is 3. The van der Waals surface area contributed by atoms with Crippen LogP contribution in [0, 0.1) is 5.82 Å². The molecule has 1 N–H and O–H groups in total. The lowest BCUT2D eigenvalue weighted by Crippen LogP contribution is -2.53. The number of hydrogen-bond acceptors (Lipinski definition) is 4. The summed E-state index contributed by atoms with van der Waals surface area (Å²) >= 11 is 0. The van der Waals surface area contributed by atoms with Crippen molar-refractivity contribution in [1.82, 2.24) is 14.5 Å². The molecule has 0 aromatic heterocycles. The second-order valence-electron chi connectivity index (χ2n) is 8.31. The fraction of sp³-hybridized carbons (Fsp3) is 0.409. The molecule has 4 rings (SSSR count). The molecule has 34 heavy (non-hydrogen) atoms. The van der Waals surface area contributed by atoms with Gasteiger partial charge < -0.3 is 14.5 Å². The van der Waals surface area contributed by atoms with Gasteiger partial charge in [-0.3, -0.25) is 0 Å². The second-order valence-corrected chi connectivity index (χ2v) is 9.99. The molecule has 2 aliphatic rings. The van der Waals surface area contributed by atoms with Gasteiger partial charge in [0, 0.05) is 18.2 Å². The average molecular weight is 502 g/mol. The third kappa shape index (κ3) is 4.56. The summed E-state index contributed by atoms with van der Waals surface area (Å²) < 4.78 is 89.6. The molecule has 2 aromatic carbocycles. The standard InChI is InChI=1S/C22H23F4N3O4S/c1-28-9-10-33-18-8-3-2-6-15(18)16-7-4-5-14(19(16)24)11-17-20(27-34(31,32)13-23)22(25,26)12-29(17)21(28)30/h2-8,17,20,27H,9-13H2,1H3. The molecule has 2 aromatic rings. The molecule has 7 nitrogen and oxygen atoms in total. The van der Waals surface area contributed by atoms with Gasteiger partial charge in [-0.25, -0.2) is 35.5 Å². The zero-order valence-electron chi connectivity index (χ0n) is 18.2. The number of para-hydroxylation sites is 1. The minimum Gasteiger partial charge on any atom is -0.491 e. The van der Waals surface area contributed by atoms with Crippen molar-refractivity contribution in [3.63, 3.8) is 0 Å². The number of halogens is 4. The molecule has 0 saturated carbocycles. The number of rotatable bonds is 3. The summed E-state index contributed by atoms with van der Waals surface area (Å²) in [5, 5.41) is 0. The van der Waals surface area contributed by atoms with E-state index in [1.54, 1.807) is 29.0 Å². The van der Waals surface area contributed by atoms with E-state index in [0.29, 0.717) is 11.3 Å². The Balaban J connectivity index is 1.84. The van der Waals surface area contributed by atoms with Crippen LogP contribution >= 0.6 is 0 Å². The van der Waals surface area contributed by atoms with Gasteiger partial charge in [0.05, 0.1) is 19.1 Å². The lowest BCUT2D eigenvalue weighted by Gasteiger charge is -2.31. The van der Waals surface area contributed by atoms with Crippen molar-refractivity contribution in [2.75, 3.05) is 32.8 Å². The number of fused-ring (bicyclic) bond motifs is 5. The minimum absolute atomic E-state index is 0.000788. The number of hydrogen-bond donors (Lipinski definition) is 1. The summed E-state index contributed by atoms with van der Waals surface area (Å²) in [6.07, 6.45) is -0.419. The minimum atomic E-state index is -4.69. The van der Waals surface area contributed by atoms with Crippen LogP contribution in [-0.2, 0) is 16.4 Å². The van der Waals surface area contributed by atoms with Gasteiger partial charge in [-0.2, -0.15) is 0 Å². The Morgan fingerprint density at radius 3 is 2.59 bits per heavy atom. The lowest BCUT2D eigenvalue weighted by atomic mass is 9.95. The van der Waals surface area contributed by atoms with Crippen molar-refractivity contribution >= 4 is 16.1 Å². The van der Waals surface area contributed by atoms with Crippen LogP contribution in [0.1, 0.15) is 5.56 Å². The lowest BCUT2D eigenvalue weighted by molar-refractivity contribution is -0.00519. The van der Waals surface area contributed by atoms with E-state index in [9.17, 15) is 26.4 Å². The Morgan fingerprint density at radius 2 is 1.85 bits per heavy atom. The van der Waals surface area contributed by atoms with Crippen LogP contribution in [0.5, 0.6) is 5.75 Å². The zero-order chi connectivity index (χ0) is 24.7. The molecule has 0 aliphatic carbocycles. The second kappa shape index (κ2) is 9.06. The smallest absolute Gasteiger partial charge is 0.320 e. The Kier molecular flexibility index (Phi) is 6.47. The maximum Gasteiger partial charge on any atom is 0.320 e. The summed E-state index contributed by atoms with van der Waals surface area (Å²) in [4.78, 5) is 15.0. The van der Waals surface area contributed by atoms with Gasteiger partial charge in [0.1, 0.15) is 24.2 Å². The van der Waals surface area contributed by atoms with Crippen molar-refractivity contribution in [1.29, 1.82) is 0 Å². The van der Waals surface area contributed by atoms with Crippen molar-refractivity contribution in [2.45, 2.75) is 24.4 Å². The number of carbonyl (C=O) groups is 1. The van der Waals surface area contributed by atoms with Gasteiger partial charge >= 0.3 is 6.03 Å². The number of benzene rings is 2. The van der Waals surface area contributed by atoms with Crippen molar-refractivity contribution in [2.24, 2.45) is 0 Å². The average Bonchev–Trinajstić information content (AvgIpc) is 3.04. The zero-order valence-corrected chi connectivity index (χ0v) is 19.0. The van der Waals surface area contributed by atoms with E-state index in [0.717, 1.165) is 4.90 Å². The van der Waals surface area contributed by atoms with E-state index in [1.807, 2.05) is 0 Å². The fourth-order valence-electron chi connectivity index (χ4n) is 4.32. The molecule has 2 amide bonds. The molecule has 2 heterocycles. The Bertz CT molecular complexity index is 1190. The first kappa shape index (κ1) is 24.3. The molecule has 1 saturated heterocycles. The van der Waals surface area contributed by atoms with Crippen LogP contribution in [0.15, 0.2) is 42.5 Å². The monoisotopic (exact) mass is 501 g/mol. The maximum absolute atomic E-state index is 15.6. The van der Waals surface area contributed by atoms with Crippen LogP contribution in [0.4, 0.5) is 22.4 Å². The number of nitrogens with one attached hydrogen (secondary N) is 1. The van der Waals surface area contributed by atoms with Gasteiger partial charge in [0.15, 0.2) is 0 Å². The largest absolute Gasteiger partial charge is 0.491 e. The molecule has 1 fully saturated rings. The first-order chi connectivity index (χ1) is 16.0. The van der Waals surface area contributed by atoms with E-state index in [4.69, 9.17) is 4.74 Å². The van der Waals surface area contributed by atoms with Gasteiger partial charge in [-0.15, -0.1) is 0 Å². The first-order valence-electron chi connectivity index (χ1n) is 10.5. The molecule has 0 radical (unpaired) electrons. The summed E-state index contributed by atoms with van der Waals surface area (Å²) in [7, 11) is -3.30. The first-order valence-corrected chi connectivity index (χ1v) is 12.1. The van der Waals surface area contributed by atoms with Gasteiger partial charge in [-0.05, 0) is 18.1 Å². The number of urea groups is 1. The fourth-order valence-corrected chi connectivity index (χ4v) is 5.10. The van der Waals surface area contributed by atoms with Crippen LogP contribution in [-0.4, -0.2) is 75.0 Å². The maximum atomic E-state index is 15.6. The van der Waals surface area contributed by atoms with E-state index in [-0.39, 0.29) is 24.3 Å². The summed E-state index contributed by atoms with van der Waals surface area (Å²) in [6.45, 7) is -1.07. The number of ether oxygens (including phenoxy) is 1. The van der Waals surface area contributed by atoms with Gasteiger partial charge in [0.25, 0.3) is 5.92 Å². The molecule has 2 aliphatic heterocycles. The van der Waals surface area contributed by atoms with Crippen molar-refractivity contribution in [3.05, 3.63) is 53.8 Å². The summed E-state index contributed by atoms with van der Waals surface area (Å²) in [5.74, 6) is -4.03. The third-order valence-electron chi connectivity index (χ3n) is 6.01. The summed E-state index contributed by atoms with van der Waals surface area (Å²) in [6, 6.07) is 4.84. The Hall–Kier alpha value is -2.86. The molecular weight excluding hydrogens is 478 g/mol.